The fourth-order valence-corrected chi connectivity index (χ4v) is 2.01. The van der Waals surface area contributed by atoms with Gasteiger partial charge in [-0.1, -0.05) is 6.08 Å². The predicted octanol–water partition coefficient (Wildman–Crippen LogP) is 1.13. The molecular weight excluding hydrogens is 317 g/mol. The van der Waals surface area contributed by atoms with E-state index in [-0.39, 0.29) is 30.1 Å². The lowest BCUT2D eigenvalue weighted by molar-refractivity contribution is 0.128. The van der Waals surface area contributed by atoms with Gasteiger partial charge in [-0.05, 0) is 12.8 Å². The maximum atomic E-state index is 5.54. The van der Waals surface area contributed by atoms with Crippen molar-refractivity contribution in [3.63, 3.8) is 0 Å². The van der Waals surface area contributed by atoms with Gasteiger partial charge >= 0.3 is 0 Å². The summed E-state index contributed by atoms with van der Waals surface area (Å²) in [7, 11) is 0. The van der Waals surface area contributed by atoms with Crippen molar-refractivity contribution in [1.29, 1.82) is 0 Å². The summed E-state index contributed by atoms with van der Waals surface area (Å²) >= 11 is 0. The number of rotatable bonds is 3. The Morgan fingerprint density at radius 1 is 1.62 bits per heavy atom. The quantitative estimate of drug-likeness (QED) is 0.600. The van der Waals surface area contributed by atoms with Crippen LogP contribution in [0.1, 0.15) is 12.8 Å². The molecule has 16 heavy (non-hydrogen) atoms. The molecular formula is C11H20IN3O. The summed E-state index contributed by atoms with van der Waals surface area (Å²) in [5.41, 5.74) is 0. The van der Waals surface area contributed by atoms with E-state index in [9.17, 15) is 0 Å². The van der Waals surface area contributed by atoms with Crippen LogP contribution in [0.25, 0.3) is 0 Å². The van der Waals surface area contributed by atoms with Crippen molar-refractivity contribution >= 4 is 29.9 Å². The van der Waals surface area contributed by atoms with Crippen molar-refractivity contribution in [2.75, 3.05) is 26.2 Å². The smallest absolute Gasteiger partial charge is 0.191 e. The monoisotopic (exact) mass is 337 g/mol. The van der Waals surface area contributed by atoms with E-state index in [2.05, 4.69) is 22.2 Å². The molecule has 2 aliphatic rings. The molecule has 4 nitrogen and oxygen atoms in total. The highest BCUT2D eigenvalue weighted by molar-refractivity contribution is 14.0. The van der Waals surface area contributed by atoms with E-state index < -0.39 is 0 Å². The number of hydrogen-bond acceptors (Lipinski definition) is 4. The van der Waals surface area contributed by atoms with Crippen molar-refractivity contribution < 1.29 is 4.74 Å². The van der Waals surface area contributed by atoms with Crippen molar-refractivity contribution in [3.8, 4) is 0 Å². The van der Waals surface area contributed by atoms with E-state index in [0.717, 1.165) is 45.0 Å². The Kier molecular flexibility index (Phi) is 6.12. The second-order valence-electron chi connectivity index (χ2n) is 4.01. The van der Waals surface area contributed by atoms with Gasteiger partial charge in [-0.2, -0.15) is 0 Å². The van der Waals surface area contributed by atoms with Crippen LogP contribution in [0, 0.1) is 5.92 Å². The SMILES string of the molecule is C=C[C@@H]1OCC[C@H]1CNC1=NCCCN1.I. The highest BCUT2D eigenvalue weighted by Crippen LogP contribution is 2.20. The number of nitrogens with one attached hydrogen (secondary N) is 2. The molecule has 0 aliphatic carbocycles. The van der Waals surface area contributed by atoms with E-state index in [4.69, 9.17) is 4.74 Å². The first-order chi connectivity index (χ1) is 7.40. The van der Waals surface area contributed by atoms with Crippen LogP contribution < -0.4 is 10.6 Å². The van der Waals surface area contributed by atoms with Crippen LogP contribution in [0.4, 0.5) is 0 Å². The van der Waals surface area contributed by atoms with Crippen LogP contribution in [0.15, 0.2) is 17.6 Å². The third-order valence-corrected chi connectivity index (χ3v) is 2.92. The van der Waals surface area contributed by atoms with Gasteiger partial charge in [0.2, 0.25) is 0 Å². The molecule has 2 aliphatic heterocycles. The standard InChI is InChI=1S/C11H19N3O.HI/c1-2-10-9(4-7-15-10)8-14-11-12-5-3-6-13-11;/h2,9-10H,1,3-8H2,(H2,12,13,14);1H/t9-,10-;/m0./s1. The van der Waals surface area contributed by atoms with Crippen LogP contribution in [0.5, 0.6) is 0 Å². The van der Waals surface area contributed by atoms with Crippen molar-refractivity contribution in [1.82, 2.24) is 10.6 Å². The van der Waals surface area contributed by atoms with Gasteiger partial charge in [-0.15, -0.1) is 30.6 Å². The highest BCUT2D eigenvalue weighted by Gasteiger charge is 2.25. The molecule has 92 valence electrons. The van der Waals surface area contributed by atoms with Gasteiger partial charge in [-0.3, -0.25) is 4.99 Å². The molecule has 0 unspecified atom stereocenters. The number of ether oxygens (including phenoxy) is 1. The normalized spacial score (nSPS) is 28.6. The average Bonchev–Trinajstić information content (AvgIpc) is 2.75. The molecule has 0 saturated carbocycles. The summed E-state index contributed by atoms with van der Waals surface area (Å²) in [5.74, 6) is 1.48. The van der Waals surface area contributed by atoms with E-state index >= 15 is 0 Å². The van der Waals surface area contributed by atoms with Crippen LogP contribution in [-0.4, -0.2) is 38.3 Å². The molecule has 0 spiro atoms. The van der Waals surface area contributed by atoms with Crippen molar-refractivity contribution in [3.05, 3.63) is 12.7 Å². The molecule has 2 atom stereocenters. The third-order valence-electron chi connectivity index (χ3n) is 2.92. The molecule has 1 saturated heterocycles. The number of guanidine groups is 1. The lowest BCUT2D eigenvalue weighted by Gasteiger charge is -2.20. The molecule has 0 aromatic heterocycles. The Morgan fingerprint density at radius 2 is 2.50 bits per heavy atom. The summed E-state index contributed by atoms with van der Waals surface area (Å²) in [6.07, 6.45) is 4.35. The molecule has 2 N–H and O–H groups in total. The lowest BCUT2D eigenvalue weighted by Crippen LogP contribution is -2.43. The van der Waals surface area contributed by atoms with Gasteiger partial charge in [0.1, 0.15) is 0 Å². The van der Waals surface area contributed by atoms with Crippen molar-refractivity contribution in [2.24, 2.45) is 10.9 Å². The Balaban J connectivity index is 0.00000128. The largest absolute Gasteiger partial charge is 0.374 e. The van der Waals surface area contributed by atoms with Gasteiger partial charge in [0.25, 0.3) is 0 Å². The van der Waals surface area contributed by atoms with Gasteiger partial charge in [0.05, 0.1) is 6.10 Å². The Hall–Kier alpha value is -0.300. The first-order valence-corrected chi connectivity index (χ1v) is 5.66. The molecule has 5 heteroatoms. The van der Waals surface area contributed by atoms with Crippen LogP contribution in [-0.2, 0) is 4.74 Å². The topological polar surface area (TPSA) is 45.6 Å². The fourth-order valence-electron chi connectivity index (χ4n) is 2.01. The molecule has 0 aromatic rings. The molecule has 0 bridgehead atoms. The molecule has 2 rings (SSSR count). The molecule has 0 radical (unpaired) electrons. The average molecular weight is 337 g/mol. The van der Waals surface area contributed by atoms with Gasteiger partial charge in [-0.25, -0.2) is 0 Å². The Bertz CT molecular complexity index is 258. The van der Waals surface area contributed by atoms with Crippen LogP contribution in [0.3, 0.4) is 0 Å². The van der Waals surface area contributed by atoms with Gasteiger partial charge < -0.3 is 15.4 Å². The lowest BCUT2D eigenvalue weighted by atomic mass is 10.0. The zero-order valence-electron chi connectivity index (χ0n) is 9.45. The maximum absolute atomic E-state index is 5.54. The second kappa shape index (κ2) is 7.11. The molecule has 1 fully saturated rings. The zero-order valence-corrected chi connectivity index (χ0v) is 11.8. The van der Waals surface area contributed by atoms with Crippen LogP contribution in [0.2, 0.25) is 0 Å². The second-order valence-corrected chi connectivity index (χ2v) is 4.01. The molecule has 2 heterocycles. The Morgan fingerprint density at radius 3 is 3.19 bits per heavy atom. The molecule has 0 amide bonds. The predicted molar refractivity (Wildman–Crippen MR) is 76.4 cm³/mol. The summed E-state index contributed by atoms with van der Waals surface area (Å²) < 4.78 is 5.54. The highest BCUT2D eigenvalue weighted by atomic mass is 127. The summed E-state index contributed by atoms with van der Waals surface area (Å²) in [5, 5.41) is 6.59. The van der Waals surface area contributed by atoms with Gasteiger partial charge in [0, 0.05) is 32.2 Å². The van der Waals surface area contributed by atoms with Gasteiger partial charge in [0.15, 0.2) is 5.96 Å². The number of hydrogen-bond donors (Lipinski definition) is 2. The first kappa shape index (κ1) is 13.8. The maximum Gasteiger partial charge on any atom is 0.191 e. The summed E-state index contributed by atoms with van der Waals surface area (Å²) in [6.45, 7) is 7.52. The van der Waals surface area contributed by atoms with E-state index in [0.29, 0.717) is 5.92 Å². The minimum absolute atomic E-state index is 0. The number of halogens is 1. The fraction of sp³-hybridized carbons (Fsp3) is 0.727. The van der Waals surface area contributed by atoms with Crippen molar-refractivity contribution in [2.45, 2.75) is 18.9 Å². The molecule has 0 aromatic carbocycles. The minimum atomic E-state index is 0. The first-order valence-electron chi connectivity index (χ1n) is 5.66. The summed E-state index contributed by atoms with van der Waals surface area (Å²) in [6, 6.07) is 0. The minimum Gasteiger partial charge on any atom is -0.374 e. The van der Waals surface area contributed by atoms with E-state index in [1.165, 1.54) is 0 Å². The van der Waals surface area contributed by atoms with E-state index in [1.807, 2.05) is 6.08 Å². The van der Waals surface area contributed by atoms with E-state index in [1.54, 1.807) is 0 Å². The Labute approximate surface area is 114 Å². The number of nitrogens with zero attached hydrogens (tertiary/aromatic N) is 1. The number of aliphatic imine (C=N–C) groups is 1. The summed E-state index contributed by atoms with van der Waals surface area (Å²) in [4.78, 5) is 4.37. The zero-order chi connectivity index (χ0) is 10.5. The van der Waals surface area contributed by atoms with Crippen LogP contribution >= 0.6 is 24.0 Å². The third kappa shape index (κ3) is 3.62.